The van der Waals surface area contributed by atoms with Gasteiger partial charge < -0.3 is 33.8 Å². The first-order valence-corrected chi connectivity index (χ1v) is 37.5. The second kappa shape index (κ2) is 58.4. The Morgan fingerprint density at radius 3 is 0.894 bits per heavy atom. The summed E-state index contributed by atoms with van der Waals surface area (Å²) in [6.45, 7) is 9.31. The Balaban J connectivity index is 5.10. The molecule has 504 valence electrons. The van der Waals surface area contributed by atoms with Gasteiger partial charge in [0.25, 0.3) is 0 Å². The molecule has 0 aromatic rings. The van der Waals surface area contributed by atoms with E-state index in [-0.39, 0.29) is 25.7 Å². The van der Waals surface area contributed by atoms with Crippen LogP contribution >= 0.6 is 15.6 Å². The molecule has 0 amide bonds. The number of aliphatic hydroxyl groups is 1. The maximum absolute atomic E-state index is 13.0. The molecular formula is C66H128O17P2. The van der Waals surface area contributed by atoms with Crippen LogP contribution < -0.4 is 0 Å². The third-order valence-electron chi connectivity index (χ3n) is 15.6. The van der Waals surface area contributed by atoms with Gasteiger partial charge in [-0.25, -0.2) is 9.13 Å². The van der Waals surface area contributed by atoms with Gasteiger partial charge in [-0.05, 0) is 37.5 Å². The van der Waals surface area contributed by atoms with E-state index in [1.165, 1.54) is 135 Å². The van der Waals surface area contributed by atoms with Crippen molar-refractivity contribution in [2.45, 2.75) is 349 Å². The fourth-order valence-electron chi connectivity index (χ4n) is 9.85. The Hall–Kier alpha value is -1.94. The average Bonchev–Trinajstić information content (AvgIpc) is 3.55. The van der Waals surface area contributed by atoms with Gasteiger partial charge in [-0.3, -0.25) is 37.3 Å². The van der Waals surface area contributed by atoms with Crippen LogP contribution in [-0.2, 0) is 65.4 Å². The SMILES string of the molecule is CCCCCCCCCCCCCCCCCCCCCCC(=O)O[C@H](COC(=O)CCCCCCCCCC(C)C)COP(=O)(O)OC[C@@H](O)COP(=O)(O)OC[C@@H](COC(=O)CCCCCCC)OC(=O)CCCCCCCCC(C)CC. The van der Waals surface area contributed by atoms with Gasteiger partial charge in [-0.2, -0.15) is 0 Å². The van der Waals surface area contributed by atoms with Crippen LogP contribution in [0.15, 0.2) is 0 Å². The van der Waals surface area contributed by atoms with Crippen molar-refractivity contribution in [3.8, 4) is 0 Å². The average molecular weight is 1260 g/mol. The van der Waals surface area contributed by atoms with Crippen molar-refractivity contribution < 1.29 is 80.2 Å². The number of carbonyl (C=O) groups excluding carboxylic acids is 4. The summed E-state index contributed by atoms with van der Waals surface area (Å²) in [5, 5.41) is 10.5. The molecule has 0 rings (SSSR count). The van der Waals surface area contributed by atoms with E-state index >= 15 is 0 Å². The Morgan fingerprint density at radius 2 is 0.600 bits per heavy atom. The highest BCUT2D eigenvalue weighted by Gasteiger charge is 2.30. The minimum Gasteiger partial charge on any atom is -0.462 e. The summed E-state index contributed by atoms with van der Waals surface area (Å²) in [6, 6.07) is 0. The molecule has 0 aliphatic carbocycles. The molecule has 0 radical (unpaired) electrons. The highest BCUT2D eigenvalue weighted by Crippen LogP contribution is 2.45. The lowest BCUT2D eigenvalue weighted by atomic mass is 10.00. The number of carbonyl (C=O) groups is 4. The fourth-order valence-corrected chi connectivity index (χ4v) is 11.4. The van der Waals surface area contributed by atoms with Crippen molar-refractivity contribution in [1.82, 2.24) is 0 Å². The second-order valence-electron chi connectivity index (χ2n) is 24.6. The first-order valence-electron chi connectivity index (χ1n) is 34.5. The number of esters is 4. The van der Waals surface area contributed by atoms with Gasteiger partial charge in [0.2, 0.25) is 0 Å². The zero-order valence-electron chi connectivity index (χ0n) is 54.9. The highest BCUT2D eigenvalue weighted by molar-refractivity contribution is 7.47. The Kier molecular flexibility index (Phi) is 57.1. The van der Waals surface area contributed by atoms with E-state index in [0.717, 1.165) is 109 Å². The smallest absolute Gasteiger partial charge is 0.462 e. The molecule has 0 saturated carbocycles. The van der Waals surface area contributed by atoms with Gasteiger partial charge in [0.05, 0.1) is 26.4 Å². The van der Waals surface area contributed by atoms with E-state index in [0.29, 0.717) is 31.6 Å². The lowest BCUT2D eigenvalue weighted by Crippen LogP contribution is -2.30. The molecule has 3 N–H and O–H groups in total. The number of unbranched alkanes of at least 4 members (excludes halogenated alkanes) is 34. The maximum atomic E-state index is 13.0. The molecule has 0 aliphatic rings. The molecule has 0 aliphatic heterocycles. The van der Waals surface area contributed by atoms with Crippen molar-refractivity contribution in [2.24, 2.45) is 11.8 Å². The third kappa shape index (κ3) is 59.5. The number of hydrogen-bond donors (Lipinski definition) is 3. The van der Waals surface area contributed by atoms with Crippen molar-refractivity contribution in [2.75, 3.05) is 39.6 Å². The predicted molar refractivity (Wildman–Crippen MR) is 340 cm³/mol. The van der Waals surface area contributed by atoms with E-state index in [1.807, 2.05) is 0 Å². The lowest BCUT2D eigenvalue weighted by molar-refractivity contribution is -0.161. The van der Waals surface area contributed by atoms with Crippen LogP contribution in [0.1, 0.15) is 330 Å². The zero-order chi connectivity index (χ0) is 62.9. The van der Waals surface area contributed by atoms with E-state index in [2.05, 4.69) is 41.5 Å². The van der Waals surface area contributed by atoms with Crippen LogP contribution in [-0.4, -0.2) is 96.7 Å². The molecule has 3 unspecified atom stereocenters. The van der Waals surface area contributed by atoms with Crippen LogP contribution in [0.4, 0.5) is 0 Å². The molecule has 0 spiro atoms. The normalized spacial score (nSPS) is 14.6. The Bertz CT molecular complexity index is 1670. The fraction of sp³-hybridized carbons (Fsp3) is 0.939. The van der Waals surface area contributed by atoms with Crippen LogP contribution in [0.2, 0.25) is 0 Å². The maximum Gasteiger partial charge on any atom is 0.472 e. The highest BCUT2D eigenvalue weighted by atomic mass is 31.2. The zero-order valence-corrected chi connectivity index (χ0v) is 56.7. The number of phosphoric acid groups is 2. The summed E-state index contributed by atoms with van der Waals surface area (Å²) in [7, 11) is -9.88. The van der Waals surface area contributed by atoms with Crippen molar-refractivity contribution in [3.63, 3.8) is 0 Å². The van der Waals surface area contributed by atoms with E-state index in [4.69, 9.17) is 37.0 Å². The van der Waals surface area contributed by atoms with Crippen molar-refractivity contribution >= 4 is 39.5 Å². The molecular weight excluding hydrogens is 1130 g/mol. The molecule has 19 heteroatoms. The van der Waals surface area contributed by atoms with Crippen LogP contribution in [0.5, 0.6) is 0 Å². The lowest BCUT2D eigenvalue weighted by Gasteiger charge is -2.21. The van der Waals surface area contributed by atoms with Gasteiger partial charge in [-0.15, -0.1) is 0 Å². The standard InChI is InChI=1S/C66H128O17P2/c1-7-10-12-14-15-16-17-18-19-20-21-22-23-24-25-26-27-30-38-44-50-65(70)82-62(55-77-64(69)49-43-37-31-28-29-35-40-46-58(4)5)57-81-85(74,75)79-53-60(67)52-78-84(72,73)80-56-61(54-76-63(68)48-42-34-13-11-8-2)83-66(71)51-45-39-33-32-36-41-47-59(6)9-3/h58-62,67H,7-57H2,1-6H3,(H,72,73)(H,74,75)/t59?,60-,61+,62+/m0/s1. The van der Waals surface area contributed by atoms with E-state index in [1.54, 1.807) is 0 Å². The molecule has 17 nitrogen and oxygen atoms in total. The summed E-state index contributed by atoms with van der Waals surface area (Å²) >= 11 is 0. The van der Waals surface area contributed by atoms with Gasteiger partial charge in [0.15, 0.2) is 12.2 Å². The topological polar surface area (TPSA) is 237 Å². The quantitative estimate of drug-likeness (QED) is 0.0222. The van der Waals surface area contributed by atoms with Gasteiger partial charge in [0, 0.05) is 25.7 Å². The molecule has 0 aromatic carbocycles. The first-order chi connectivity index (χ1) is 40.9. The van der Waals surface area contributed by atoms with Gasteiger partial charge in [0.1, 0.15) is 19.3 Å². The third-order valence-corrected chi connectivity index (χ3v) is 17.5. The number of rotatable bonds is 65. The van der Waals surface area contributed by atoms with Crippen LogP contribution in [0.3, 0.4) is 0 Å². The minimum atomic E-state index is -4.94. The monoisotopic (exact) mass is 1250 g/mol. The summed E-state index contributed by atoms with van der Waals surface area (Å²) in [6.07, 6.45) is 42.4. The second-order valence-corrected chi connectivity index (χ2v) is 27.5. The molecule has 0 bridgehead atoms. The molecule has 0 fully saturated rings. The van der Waals surface area contributed by atoms with E-state index < -0.39 is 97.5 Å². The predicted octanol–water partition coefficient (Wildman–Crippen LogP) is 18.4. The Labute approximate surface area is 517 Å². The summed E-state index contributed by atoms with van der Waals surface area (Å²) in [4.78, 5) is 72.0. The number of ether oxygens (including phenoxy) is 4. The summed E-state index contributed by atoms with van der Waals surface area (Å²) in [5.74, 6) is -0.721. The summed E-state index contributed by atoms with van der Waals surface area (Å²) in [5.41, 5.74) is 0. The van der Waals surface area contributed by atoms with E-state index in [9.17, 15) is 43.2 Å². The Morgan fingerprint density at radius 1 is 0.341 bits per heavy atom. The molecule has 6 atom stereocenters. The number of hydrogen-bond acceptors (Lipinski definition) is 15. The number of phosphoric ester groups is 2. The van der Waals surface area contributed by atoms with Crippen molar-refractivity contribution in [1.29, 1.82) is 0 Å². The van der Waals surface area contributed by atoms with Crippen LogP contribution in [0.25, 0.3) is 0 Å². The van der Waals surface area contributed by atoms with Crippen molar-refractivity contribution in [3.05, 3.63) is 0 Å². The molecule has 0 aromatic heterocycles. The summed E-state index contributed by atoms with van der Waals surface area (Å²) < 4.78 is 67.8. The number of aliphatic hydroxyl groups excluding tert-OH is 1. The first kappa shape index (κ1) is 83.1. The molecule has 0 saturated heterocycles. The van der Waals surface area contributed by atoms with Gasteiger partial charge in [-0.1, -0.05) is 279 Å². The van der Waals surface area contributed by atoms with Gasteiger partial charge >= 0.3 is 39.5 Å². The van der Waals surface area contributed by atoms with Crippen LogP contribution in [0, 0.1) is 11.8 Å². The molecule has 85 heavy (non-hydrogen) atoms. The largest absolute Gasteiger partial charge is 0.472 e. The molecule has 0 heterocycles. The minimum absolute atomic E-state index is 0.102.